The van der Waals surface area contributed by atoms with Gasteiger partial charge < -0.3 is 16.2 Å². The monoisotopic (exact) mass is 332 g/mol. The molecule has 1 amide bonds. The molecule has 5 nitrogen and oxygen atoms in total. The zero-order chi connectivity index (χ0) is 17.4. The molecule has 1 saturated carbocycles. The number of carboxylic acid groups (broad SMARTS) is 1. The van der Waals surface area contributed by atoms with Crippen LogP contribution in [0.25, 0.3) is 0 Å². The van der Waals surface area contributed by atoms with Gasteiger partial charge in [-0.3, -0.25) is 9.59 Å². The van der Waals surface area contributed by atoms with Gasteiger partial charge in [0.2, 0.25) is 0 Å². The molecule has 0 atom stereocenters. The van der Waals surface area contributed by atoms with Gasteiger partial charge in [0.25, 0.3) is 5.91 Å². The lowest BCUT2D eigenvalue weighted by Crippen LogP contribution is -2.37. The summed E-state index contributed by atoms with van der Waals surface area (Å²) >= 11 is 0. The molecule has 4 N–H and O–H groups in total. The molecule has 1 aromatic rings. The van der Waals surface area contributed by atoms with Crippen molar-refractivity contribution in [2.24, 2.45) is 11.7 Å². The third-order valence-corrected chi connectivity index (χ3v) is 4.83. The number of aryl methyl sites for hydroxylation is 1. The molecule has 0 bridgehead atoms. The van der Waals surface area contributed by atoms with E-state index in [1.165, 1.54) is 5.56 Å². The summed E-state index contributed by atoms with van der Waals surface area (Å²) in [7, 11) is 0. The Hall–Kier alpha value is -1.88. The van der Waals surface area contributed by atoms with Crippen LogP contribution < -0.4 is 11.1 Å². The van der Waals surface area contributed by atoms with Crippen LogP contribution in [-0.4, -0.2) is 29.6 Å². The van der Waals surface area contributed by atoms with Crippen LogP contribution in [0.2, 0.25) is 0 Å². The normalized spacial score (nSPS) is 20.5. The van der Waals surface area contributed by atoms with Gasteiger partial charge in [0.15, 0.2) is 0 Å². The van der Waals surface area contributed by atoms with Crippen molar-refractivity contribution in [1.29, 1.82) is 0 Å². The Morgan fingerprint density at radius 2 is 1.79 bits per heavy atom. The van der Waals surface area contributed by atoms with Gasteiger partial charge in [-0.05, 0) is 75.1 Å². The minimum Gasteiger partial charge on any atom is -0.481 e. The number of hydrogen-bond acceptors (Lipinski definition) is 3. The molecule has 1 aliphatic carbocycles. The number of nitrogens with two attached hydrogens (primary N) is 1. The van der Waals surface area contributed by atoms with Crippen molar-refractivity contribution in [3.63, 3.8) is 0 Å². The van der Waals surface area contributed by atoms with Crippen molar-refractivity contribution in [1.82, 2.24) is 5.32 Å². The van der Waals surface area contributed by atoms with Crippen LogP contribution in [0.5, 0.6) is 0 Å². The average Bonchev–Trinajstić information content (AvgIpc) is 2.59. The summed E-state index contributed by atoms with van der Waals surface area (Å²) in [5.41, 5.74) is 7.41. The largest absolute Gasteiger partial charge is 0.481 e. The first-order valence-electron chi connectivity index (χ1n) is 8.90. The molecular weight excluding hydrogens is 304 g/mol. The van der Waals surface area contributed by atoms with Gasteiger partial charge in [0.1, 0.15) is 0 Å². The number of nitrogens with one attached hydrogen (secondary N) is 1. The molecule has 5 heteroatoms. The van der Waals surface area contributed by atoms with E-state index in [4.69, 9.17) is 10.8 Å². The van der Waals surface area contributed by atoms with Gasteiger partial charge in [-0.2, -0.15) is 0 Å². The maximum absolute atomic E-state index is 12.3. The number of carboxylic acids is 1. The Labute approximate surface area is 143 Å². The number of carbonyl (C=O) groups excluding carboxylic acids is 1. The predicted octanol–water partition coefficient (Wildman–Crippen LogP) is 2.73. The van der Waals surface area contributed by atoms with E-state index in [2.05, 4.69) is 5.32 Å². The van der Waals surface area contributed by atoms with Gasteiger partial charge in [0, 0.05) is 18.0 Å². The zero-order valence-electron chi connectivity index (χ0n) is 14.2. The summed E-state index contributed by atoms with van der Waals surface area (Å²) in [6.45, 7) is 0.678. The molecule has 0 unspecified atom stereocenters. The second-order valence-corrected chi connectivity index (χ2v) is 6.71. The van der Waals surface area contributed by atoms with E-state index in [1.54, 1.807) is 0 Å². The quantitative estimate of drug-likeness (QED) is 0.682. The first-order valence-corrected chi connectivity index (χ1v) is 8.90. The maximum Gasteiger partial charge on any atom is 0.303 e. The average molecular weight is 332 g/mol. The van der Waals surface area contributed by atoms with Crippen molar-refractivity contribution >= 4 is 11.9 Å². The summed E-state index contributed by atoms with van der Waals surface area (Å²) in [6.07, 6.45) is 6.76. The standard InChI is InChI=1S/C19H28N2O3/c20-13-1-2-14-3-8-16(9-4-14)19(24)21-17-10-5-15(6-11-17)7-12-18(22)23/h3-4,8-9,15,17H,1-2,5-7,10-13,20H2,(H,21,24)(H,22,23)/t15-,17-. The van der Waals surface area contributed by atoms with Gasteiger partial charge in [-0.1, -0.05) is 12.1 Å². The number of rotatable bonds is 8. The highest BCUT2D eigenvalue weighted by Crippen LogP contribution is 2.28. The molecule has 0 heterocycles. The van der Waals surface area contributed by atoms with Crippen molar-refractivity contribution in [3.8, 4) is 0 Å². The minimum atomic E-state index is -0.722. The number of amides is 1. The summed E-state index contributed by atoms with van der Waals surface area (Å²) in [4.78, 5) is 23.0. The molecule has 1 aromatic carbocycles. The first-order chi connectivity index (χ1) is 11.6. The van der Waals surface area contributed by atoms with Gasteiger partial charge in [-0.15, -0.1) is 0 Å². The molecule has 0 saturated heterocycles. The van der Waals surface area contributed by atoms with Crippen molar-refractivity contribution < 1.29 is 14.7 Å². The smallest absolute Gasteiger partial charge is 0.303 e. The van der Waals surface area contributed by atoms with E-state index >= 15 is 0 Å². The Bertz CT molecular complexity index is 534. The zero-order valence-corrected chi connectivity index (χ0v) is 14.2. The van der Waals surface area contributed by atoms with E-state index in [0.29, 0.717) is 18.0 Å². The Kier molecular flexibility index (Phi) is 7.25. The number of hydrogen-bond donors (Lipinski definition) is 3. The lowest BCUT2D eigenvalue weighted by Gasteiger charge is -2.28. The third kappa shape index (κ3) is 5.96. The van der Waals surface area contributed by atoms with E-state index < -0.39 is 5.97 Å². The fourth-order valence-electron chi connectivity index (χ4n) is 3.32. The van der Waals surface area contributed by atoms with Crippen LogP contribution in [0.4, 0.5) is 0 Å². The van der Waals surface area contributed by atoms with Crippen LogP contribution >= 0.6 is 0 Å². The highest BCUT2D eigenvalue weighted by molar-refractivity contribution is 5.94. The molecule has 0 aliphatic heterocycles. The van der Waals surface area contributed by atoms with Crippen LogP contribution in [0.3, 0.4) is 0 Å². The third-order valence-electron chi connectivity index (χ3n) is 4.83. The summed E-state index contributed by atoms with van der Waals surface area (Å²) < 4.78 is 0. The Morgan fingerprint density at radius 3 is 2.38 bits per heavy atom. The molecule has 1 aliphatic rings. The molecule has 0 spiro atoms. The fourth-order valence-corrected chi connectivity index (χ4v) is 3.32. The van der Waals surface area contributed by atoms with E-state index in [0.717, 1.165) is 44.9 Å². The highest BCUT2D eigenvalue weighted by atomic mass is 16.4. The lowest BCUT2D eigenvalue weighted by molar-refractivity contribution is -0.137. The molecule has 24 heavy (non-hydrogen) atoms. The van der Waals surface area contributed by atoms with Gasteiger partial charge >= 0.3 is 5.97 Å². The first kappa shape index (κ1) is 18.5. The minimum absolute atomic E-state index is 0.0191. The van der Waals surface area contributed by atoms with E-state index in [9.17, 15) is 9.59 Å². The number of aliphatic carboxylic acids is 1. The highest BCUT2D eigenvalue weighted by Gasteiger charge is 2.23. The molecule has 1 fully saturated rings. The van der Waals surface area contributed by atoms with Crippen LogP contribution in [-0.2, 0) is 11.2 Å². The van der Waals surface area contributed by atoms with Crippen LogP contribution in [0.1, 0.15) is 60.9 Å². The second kappa shape index (κ2) is 9.42. The SMILES string of the molecule is NCCCc1ccc(C(=O)N[C@H]2CC[C@H](CCC(=O)O)CC2)cc1. The van der Waals surface area contributed by atoms with E-state index in [-0.39, 0.29) is 18.4 Å². The molecule has 0 aromatic heterocycles. The Morgan fingerprint density at radius 1 is 1.12 bits per heavy atom. The summed E-state index contributed by atoms with van der Waals surface area (Å²) in [5.74, 6) is -0.259. The molecular formula is C19H28N2O3. The van der Waals surface area contributed by atoms with Gasteiger partial charge in [0.05, 0.1) is 0 Å². The molecule has 0 radical (unpaired) electrons. The fraction of sp³-hybridized carbons (Fsp3) is 0.579. The summed E-state index contributed by atoms with van der Waals surface area (Å²) in [5, 5.41) is 11.9. The van der Waals surface area contributed by atoms with Crippen molar-refractivity contribution in [2.75, 3.05) is 6.54 Å². The number of benzene rings is 1. The van der Waals surface area contributed by atoms with E-state index in [1.807, 2.05) is 24.3 Å². The second-order valence-electron chi connectivity index (χ2n) is 6.71. The molecule has 132 valence electrons. The molecule has 2 rings (SSSR count). The predicted molar refractivity (Wildman–Crippen MR) is 93.9 cm³/mol. The number of carbonyl (C=O) groups is 2. The maximum atomic E-state index is 12.3. The van der Waals surface area contributed by atoms with Crippen molar-refractivity contribution in [3.05, 3.63) is 35.4 Å². The Balaban J connectivity index is 1.75. The lowest BCUT2D eigenvalue weighted by atomic mass is 9.83. The topological polar surface area (TPSA) is 92.4 Å². The summed E-state index contributed by atoms with van der Waals surface area (Å²) in [6, 6.07) is 7.94. The van der Waals surface area contributed by atoms with Crippen LogP contribution in [0.15, 0.2) is 24.3 Å². The van der Waals surface area contributed by atoms with Gasteiger partial charge in [-0.25, -0.2) is 0 Å². The van der Waals surface area contributed by atoms with Crippen LogP contribution in [0, 0.1) is 5.92 Å². The van der Waals surface area contributed by atoms with Crippen molar-refractivity contribution in [2.45, 2.75) is 57.4 Å².